The summed E-state index contributed by atoms with van der Waals surface area (Å²) in [7, 11) is 0. The highest BCUT2D eigenvalue weighted by Crippen LogP contribution is 2.28. The van der Waals surface area contributed by atoms with Gasteiger partial charge < -0.3 is 10.5 Å². The number of hydrogen-bond acceptors (Lipinski definition) is 3. The second-order valence-corrected chi connectivity index (χ2v) is 4.75. The van der Waals surface area contributed by atoms with E-state index in [1.807, 2.05) is 19.2 Å². The zero-order valence-corrected chi connectivity index (χ0v) is 11.9. The van der Waals surface area contributed by atoms with Crippen molar-refractivity contribution >= 4 is 0 Å². The van der Waals surface area contributed by atoms with Gasteiger partial charge in [0.15, 0.2) is 0 Å². The van der Waals surface area contributed by atoms with Crippen LogP contribution >= 0.6 is 0 Å². The fourth-order valence-electron chi connectivity index (χ4n) is 2.38. The van der Waals surface area contributed by atoms with Gasteiger partial charge in [0.05, 0.1) is 12.8 Å². The molecule has 0 aliphatic heterocycles. The Morgan fingerprint density at radius 2 is 1.83 bits per heavy atom. The summed E-state index contributed by atoms with van der Waals surface area (Å²) in [5.74, 6) is 1.36. The lowest BCUT2D eigenvalue weighted by Gasteiger charge is -2.23. The average Bonchev–Trinajstić information content (AvgIpc) is 2.38. The van der Waals surface area contributed by atoms with Gasteiger partial charge in [-0.2, -0.15) is 0 Å². The first-order valence-electron chi connectivity index (χ1n) is 7.06. The van der Waals surface area contributed by atoms with Crippen LogP contribution in [0, 0.1) is 5.92 Å². The molecule has 0 aliphatic carbocycles. The van der Waals surface area contributed by atoms with E-state index >= 15 is 0 Å². The van der Waals surface area contributed by atoms with Crippen LogP contribution in [0.15, 0.2) is 18.5 Å². The number of nitrogens with two attached hydrogens (primary N) is 1. The summed E-state index contributed by atoms with van der Waals surface area (Å²) in [6, 6.07) is 2.09. The summed E-state index contributed by atoms with van der Waals surface area (Å²) >= 11 is 0. The lowest BCUT2D eigenvalue weighted by atomic mass is 9.87. The van der Waals surface area contributed by atoms with Gasteiger partial charge in [-0.05, 0) is 37.3 Å². The van der Waals surface area contributed by atoms with Gasteiger partial charge in [0, 0.05) is 12.2 Å². The number of ether oxygens (including phenoxy) is 1. The van der Waals surface area contributed by atoms with E-state index in [-0.39, 0.29) is 6.04 Å². The van der Waals surface area contributed by atoms with Crippen molar-refractivity contribution in [2.45, 2.75) is 52.5 Å². The lowest BCUT2D eigenvalue weighted by Crippen LogP contribution is -2.21. The van der Waals surface area contributed by atoms with Gasteiger partial charge in [0.25, 0.3) is 0 Å². The van der Waals surface area contributed by atoms with Crippen LogP contribution in [-0.2, 0) is 0 Å². The Morgan fingerprint density at radius 1 is 1.17 bits per heavy atom. The Labute approximate surface area is 111 Å². The topological polar surface area (TPSA) is 48.1 Å². The van der Waals surface area contributed by atoms with Crippen molar-refractivity contribution in [3.8, 4) is 5.75 Å². The van der Waals surface area contributed by atoms with Crippen LogP contribution in [0.4, 0.5) is 0 Å². The molecule has 1 heterocycles. The Kier molecular flexibility index (Phi) is 6.73. The Hall–Kier alpha value is -1.09. The Balaban J connectivity index is 2.79. The first-order chi connectivity index (χ1) is 8.72. The maximum absolute atomic E-state index is 6.38. The first kappa shape index (κ1) is 15.0. The second-order valence-electron chi connectivity index (χ2n) is 4.75. The summed E-state index contributed by atoms with van der Waals surface area (Å²) in [5, 5.41) is 0. The summed E-state index contributed by atoms with van der Waals surface area (Å²) in [5.41, 5.74) is 7.47. The van der Waals surface area contributed by atoms with Crippen LogP contribution in [0.25, 0.3) is 0 Å². The Bertz CT molecular complexity index is 335. The van der Waals surface area contributed by atoms with E-state index in [2.05, 4.69) is 18.8 Å². The van der Waals surface area contributed by atoms with E-state index < -0.39 is 0 Å². The van der Waals surface area contributed by atoms with Crippen molar-refractivity contribution in [2.24, 2.45) is 11.7 Å². The van der Waals surface area contributed by atoms with E-state index in [4.69, 9.17) is 10.5 Å². The summed E-state index contributed by atoms with van der Waals surface area (Å²) < 4.78 is 5.48. The molecule has 0 saturated carbocycles. The molecule has 0 aliphatic rings. The van der Waals surface area contributed by atoms with Crippen molar-refractivity contribution in [1.82, 2.24) is 4.98 Å². The second kappa shape index (κ2) is 8.09. The normalized spacial score (nSPS) is 12.7. The van der Waals surface area contributed by atoms with Gasteiger partial charge >= 0.3 is 0 Å². The number of hydrogen-bond donors (Lipinski definition) is 1. The molecule has 0 fully saturated rings. The maximum atomic E-state index is 6.38. The minimum atomic E-state index is 0.0674. The van der Waals surface area contributed by atoms with Gasteiger partial charge in [-0.3, -0.25) is 4.98 Å². The molecule has 1 aromatic heterocycles. The van der Waals surface area contributed by atoms with Gasteiger partial charge in [0.1, 0.15) is 5.75 Å². The molecule has 0 saturated heterocycles. The van der Waals surface area contributed by atoms with Crippen LogP contribution < -0.4 is 10.5 Å². The molecule has 0 amide bonds. The molecule has 0 radical (unpaired) electrons. The monoisotopic (exact) mass is 250 g/mol. The van der Waals surface area contributed by atoms with Crippen LogP contribution in [0.2, 0.25) is 0 Å². The first-order valence-corrected chi connectivity index (χ1v) is 7.06. The average molecular weight is 250 g/mol. The highest BCUT2D eigenvalue weighted by atomic mass is 16.5. The molecular formula is C15H26N2O. The van der Waals surface area contributed by atoms with Crippen molar-refractivity contribution < 1.29 is 4.74 Å². The number of pyridine rings is 1. The number of nitrogens with zero attached hydrogens (tertiary/aromatic N) is 1. The van der Waals surface area contributed by atoms with Gasteiger partial charge in [-0.25, -0.2) is 0 Å². The largest absolute Gasteiger partial charge is 0.492 e. The smallest absolute Gasteiger partial charge is 0.137 e. The highest BCUT2D eigenvalue weighted by Gasteiger charge is 2.18. The fraction of sp³-hybridized carbons (Fsp3) is 0.667. The minimum Gasteiger partial charge on any atom is -0.492 e. The third-order valence-electron chi connectivity index (χ3n) is 3.26. The lowest BCUT2D eigenvalue weighted by molar-refractivity contribution is 0.335. The molecule has 3 nitrogen and oxygen atoms in total. The van der Waals surface area contributed by atoms with Gasteiger partial charge in [0.2, 0.25) is 0 Å². The third-order valence-corrected chi connectivity index (χ3v) is 3.26. The molecule has 3 heteroatoms. The molecular weight excluding hydrogens is 224 g/mol. The Morgan fingerprint density at radius 3 is 2.39 bits per heavy atom. The predicted molar refractivity (Wildman–Crippen MR) is 75.6 cm³/mol. The van der Waals surface area contributed by atoms with E-state index in [1.54, 1.807) is 6.20 Å². The fourth-order valence-corrected chi connectivity index (χ4v) is 2.38. The predicted octanol–water partition coefficient (Wildman–Crippen LogP) is 3.70. The van der Waals surface area contributed by atoms with E-state index in [9.17, 15) is 0 Å². The molecule has 1 aromatic rings. The van der Waals surface area contributed by atoms with Crippen molar-refractivity contribution in [3.63, 3.8) is 0 Å². The molecule has 1 rings (SSSR count). The molecule has 1 unspecified atom stereocenters. The van der Waals surface area contributed by atoms with Gasteiger partial charge in [-0.15, -0.1) is 0 Å². The summed E-state index contributed by atoms with van der Waals surface area (Å²) in [6.45, 7) is 7.06. The molecule has 0 bridgehead atoms. The van der Waals surface area contributed by atoms with Gasteiger partial charge in [-0.1, -0.05) is 26.7 Å². The number of rotatable bonds is 8. The SMILES string of the molecule is CCCC(CCC)C(N)c1cncc(OCC)c1. The van der Waals surface area contributed by atoms with E-state index in [0.29, 0.717) is 12.5 Å². The summed E-state index contributed by atoms with van der Waals surface area (Å²) in [4.78, 5) is 4.22. The van der Waals surface area contributed by atoms with E-state index in [0.717, 1.165) is 11.3 Å². The minimum absolute atomic E-state index is 0.0674. The van der Waals surface area contributed by atoms with Crippen LogP contribution in [0.3, 0.4) is 0 Å². The zero-order chi connectivity index (χ0) is 13.4. The molecule has 0 spiro atoms. The highest BCUT2D eigenvalue weighted by molar-refractivity contribution is 5.26. The van der Waals surface area contributed by atoms with Crippen LogP contribution in [-0.4, -0.2) is 11.6 Å². The van der Waals surface area contributed by atoms with Crippen molar-refractivity contribution in [2.75, 3.05) is 6.61 Å². The van der Waals surface area contributed by atoms with Crippen molar-refractivity contribution in [1.29, 1.82) is 0 Å². The van der Waals surface area contributed by atoms with E-state index in [1.165, 1.54) is 25.7 Å². The van der Waals surface area contributed by atoms with Crippen molar-refractivity contribution in [3.05, 3.63) is 24.0 Å². The summed E-state index contributed by atoms with van der Waals surface area (Å²) in [6.07, 6.45) is 8.31. The quantitative estimate of drug-likeness (QED) is 0.765. The molecule has 1 atom stereocenters. The molecule has 2 N–H and O–H groups in total. The molecule has 0 aromatic carbocycles. The standard InChI is InChI=1S/C15H26N2O/c1-4-7-12(8-5-2)15(16)13-9-14(18-6-3)11-17-10-13/h9-12,15H,4-8,16H2,1-3H3. The molecule has 18 heavy (non-hydrogen) atoms. The molecule has 102 valence electrons. The zero-order valence-electron chi connectivity index (χ0n) is 11.9. The number of aromatic nitrogens is 1. The van der Waals surface area contributed by atoms with Crippen LogP contribution in [0.1, 0.15) is 58.1 Å². The maximum Gasteiger partial charge on any atom is 0.137 e. The van der Waals surface area contributed by atoms with Crippen LogP contribution in [0.5, 0.6) is 5.75 Å². The third kappa shape index (κ3) is 4.30.